The molecule has 0 saturated carbocycles. The van der Waals surface area contributed by atoms with Crippen molar-refractivity contribution in [3.8, 4) is 5.75 Å². The van der Waals surface area contributed by atoms with Gasteiger partial charge in [-0.05, 0) is 60.7 Å². The molecule has 4 rings (SSSR count). The number of benzene rings is 3. The van der Waals surface area contributed by atoms with Crippen molar-refractivity contribution in [1.82, 2.24) is 4.90 Å². The first-order valence-corrected chi connectivity index (χ1v) is 11.5. The van der Waals surface area contributed by atoms with E-state index in [1.807, 2.05) is 6.07 Å². The third kappa shape index (κ3) is 5.35. The Labute approximate surface area is 196 Å². The number of thioether (sulfide) groups is 1. The Hall–Kier alpha value is -3.78. The summed E-state index contributed by atoms with van der Waals surface area (Å²) in [5, 5.41) is 5.68. The fourth-order valence-electron chi connectivity index (χ4n) is 3.41. The Morgan fingerprint density at radius 1 is 0.848 bits per heavy atom. The van der Waals surface area contributed by atoms with E-state index in [-0.39, 0.29) is 17.7 Å². The largest absolute Gasteiger partial charge is 0.497 e. The summed E-state index contributed by atoms with van der Waals surface area (Å²) in [6.45, 7) is 0. The Morgan fingerprint density at radius 3 is 2.15 bits per heavy atom. The third-order valence-corrected chi connectivity index (χ3v) is 6.24. The second-order valence-electron chi connectivity index (χ2n) is 7.41. The summed E-state index contributed by atoms with van der Waals surface area (Å²) in [6.07, 6.45) is 0. The molecule has 3 aromatic rings. The SMILES string of the molecule is COc1ccc(NC(=O)C2CSCN2C(=O)c2ccc(NC(=O)c3ccccc3)cc2)cc1. The van der Waals surface area contributed by atoms with Crippen LogP contribution >= 0.6 is 11.8 Å². The molecule has 33 heavy (non-hydrogen) atoms. The van der Waals surface area contributed by atoms with E-state index < -0.39 is 6.04 Å². The molecule has 3 aromatic carbocycles. The zero-order chi connectivity index (χ0) is 23.2. The fourth-order valence-corrected chi connectivity index (χ4v) is 4.57. The van der Waals surface area contributed by atoms with Crippen molar-refractivity contribution >= 4 is 40.9 Å². The lowest BCUT2D eigenvalue weighted by molar-refractivity contribution is -0.119. The van der Waals surface area contributed by atoms with Gasteiger partial charge >= 0.3 is 0 Å². The number of nitrogens with one attached hydrogen (secondary N) is 2. The van der Waals surface area contributed by atoms with Crippen molar-refractivity contribution in [2.24, 2.45) is 0 Å². The highest BCUT2D eigenvalue weighted by Gasteiger charge is 2.35. The molecule has 1 aliphatic rings. The minimum atomic E-state index is -0.568. The van der Waals surface area contributed by atoms with Crippen molar-refractivity contribution in [3.63, 3.8) is 0 Å². The lowest BCUT2D eigenvalue weighted by Crippen LogP contribution is -2.44. The zero-order valence-electron chi connectivity index (χ0n) is 18.0. The van der Waals surface area contributed by atoms with Gasteiger partial charge < -0.3 is 20.3 Å². The molecule has 1 atom stereocenters. The second kappa shape index (κ2) is 10.2. The molecule has 1 aliphatic heterocycles. The highest BCUT2D eigenvalue weighted by atomic mass is 32.2. The van der Waals surface area contributed by atoms with Gasteiger partial charge in [-0.2, -0.15) is 0 Å². The van der Waals surface area contributed by atoms with Gasteiger partial charge in [0.1, 0.15) is 11.8 Å². The van der Waals surface area contributed by atoms with Crippen LogP contribution in [0.15, 0.2) is 78.9 Å². The van der Waals surface area contributed by atoms with Crippen molar-refractivity contribution in [2.75, 3.05) is 29.4 Å². The number of anilines is 2. The summed E-state index contributed by atoms with van der Waals surface area (Å²) in [6, 6.07) is 22.1. The number of carbonyl (C=O) groups excluding carboxylic acids is 3. The Morgan fingerprint density at radius 2 is 1.48 bits per heavy atom. The van der Waals surface area contributed by atoms with Crippen LogP contribution in [-0.2, 0) is 4.79 Å². The van der Waals surface area contributed by atoms with Crippen LogP contribution in [0.2, 0.25) is 0 Å². The Bertz CT molecular complexity index is 1130. The summed E-state index contributed by atoms with van der Waals surface area (Å²) in [5.74, 6) is 0.983. The van der Waals surface area contributed by atoms with Crippen LogP contribution in [0.4, 0.5) is 11.4 Å². The van der Waals surface area contributed by atoms with E-state index in [1.54, 1.807) is 84.8 Å². The highest BCUT2D eigenvalue weighted by Crippen LogP contribution is 2.25. The molecule has 1 heterocycles. The number of carbonyl (C=O) groups is 3. The first-order valence-electron chi connectivity index (χ1n) is 10.4. The molecule has 3 amide bonds. The van der Waals surface area contributed by atoms with E-state index in [0.717, 1.165) is 0 Å². The summed E-state index contributed by atoms with van der Waals surface area (Å²) in [7, 11) is 1.58. The molecule has 8 heteroatoms. The molecule has 0 spiro atoms. The minimum Gasteiger partial charge on any atom is -0.497 e. The number of hydrogen-bond donors (Lipinski definition) is 2. The summed E-state index contributed by atoms with van der Waals surface area (Å²) < 4.78 is 5.13. The molecule has 0 aromatic heterocycles. The number of hydrogen-bond acceptors (Lipinski definition) is 5. The standard InChI is InChI=1S/C25H23N3O4S/c1-32-21-13-11-20(12-14-21)27-24(30)22-15-33-16-28(22)25(31)18-7-9-19(10-8-18)26-23(29)17-5-3-2-4-6-17/h2-14,22H,15-16H2,1H3,(H,26,29)(H,27,30). The van der Waals surface area contributed by atoms with Gasteiger partial charge in [0.25, 0.3) is 11.8 Å². The number of nitrogens with zero attached hydrogens (tertiary/aromatic N) is 1. The van der Waals surface area contributed by atoms with Gasteiger partial charge in [-0.1, -0.05) is 18.2 Å². The number of ether oxygens (including phenoxy) is 1. The Balaban J connectivity index is 1.40. The number of rotatable bonds is 6. The van der Waals surface area contributed by atoms with Crippen molar-refractivity contribution < 1.29 is 19.1 Å². The molecule has 7 nitrogen and oxygen atoms in total. The van der Waals surface area contributed by atoms with Gasteiger partial charge in [-0.15, -0.1) is 11.8 Å². The van der Waals surface area contributed by atoms with E-state index in [4.69, 9.17) is 4.74 Å². The molecule has 1 unspecified atom stereocenters. The van der Waals surface area contributed by atoms with E-state index in [2.05, 4.69) is 10.6 Å². The first-order chi connectivity index (χ1) is 16.0. The molecular formula is C25H23N3O4S. The first kappa shape index (κ1) is 22.4. The molecule has 0 radical (unpaired) electrons. The summed E-state index contributed by atoms with van der Waals surface area (Å²) in [5.41, 5.74) is 2.24. The molecule has 2 N–H and O–H groups in total. The van der Waals surface area contributed by atoms with Crippen LogP contribution in [0.25, 0.3) is 0 Å². The minimum absolute atomic E-state index is 0.221. The van der Waals surface area contributed by atoms with E-state index in [9.17, 15) is 14.4 Å². The van der Waals surface area contributed by atoms with E-state index in [1.165, 1.54) is 11.8 Å². The predicted molar refractivity (Wildman–Crippen MR) is 130 cm³/mol. The van der Waals surface area contributed by atoms with Gasteiger partial charge in [0.15, 0.2) is 0 Å². The van der Waals surface area contributed by atoms with Crippen LogP contribution in [0.1, 0.15) is 20.7 Å². The van der Waals surface area contributed by atoms with Crippen LogP contribution in [-0.4, -0.2) is 47.4 Å². The quantitative estimate of drug-likeness (QED) is 0.577. The maximum absolute atomic E-state index is 13.1. The van der Waals surface area contributed by atoms with Crippen LogP contribution in [0.3, 0.4) is 0 Å². The average molecular weight is 462 g/mol. The van der Waals surface area contributed by atoms with Crippen molar-refractivity contribution in [2.45, 2.75) is 6.04 Å². The maximum atomic E-state index is 13.1. The van der Waals surface area contributed by atoms with Gasteiger partial charge in [0.05, 0.1) is 13.0 Å². The Kier molecular flexibility index (Phi) is 6.95. The zero-order valence-corrected chi connectivity index (χ0v) is 18.8. The summed E-state index contributed by atoms with van der Waals surface area (Å²) >= 11 is 1.53. The van der Waals surface area contributed by atoms with Gasteiger partial charge in [0.2, 0.25) is 5.91 Å². The van der Waals surface area contributed by atoms with E-state index >= 15 is 0 Å². The van der Waals surface area contributed by atoms with Crippen LogP contribution < -0.4 is 15.4 Å². The lowest BCUT2D eigenvalue weighted by Gasteiger charge is -2.23. The van der Waals surface area contributed by atoms with Gasteiger partial charge in [-0.25, -0.2) is 0 Å². The number of methoxy groups -OCH3 is 1. The van der Waals surface area contributed by atoms with Crippen molar-refractivity contribution in [1.29, 1.82) is 0 Å². The fraction of sp³-hybridized carbons (Fsp3) is 0.160. The number of amides is 3. The molecule has 1 fully saturated rings. The monoisotopic (exact) mass is 461 g/mol. The maximum Gasteiger partial charge on any atom is 0.255 e. The third-order valence-electron chi connectivity index (χ3n) is 5.23. The average Bonchev–Trinajstić information content (AvgIpc) is 3.35. The normalized spacial score (nSPS) is 15.1. The van der Waals surface area contributed by atoms with Gasteiger partial charge in [-0.3, -0.25) is 14.4 Å². The molecular weight excluding hydrogens is 438 g/mol. The van der Waals surface area contributed by atoms with Gasteiger partial charge in [0, 0.05) is 28.3 Å². The van der Waals surface area contributed by atoms with E-state index in [0.29, 0.717) is 39.9 Å². The molecule has 0 bridgehead atoms. The lowest BCUT2D eigenvalue weighted by atomic mass is 10.1. The predicted octanol–water partition coefficient (Wildman–Crippen LogP) is 4.10. The summed E-state index contributed by atoms with van der Waals surface area (Å²) in [4.78, 5) is 39.8. The topological polar surface area (TPSA) is 87.7 Å². The highest BCUT2D eigenvalue weighted by molar-refractivity contribution is 7.99. The smallest absolute Gasteiger partial charge is 0.255 e. The van der Waals surface area contributed by atoms with Crippen LogP contribution in [0, 0.1) is 0 Å². The molecule has 0 aliphatic carbocycles. The second-order valence-corrected chi connectivity index (χ2v) is 8.41. The molecule has 168 valence electrons. The van der Waals surface area contributed by atoms with Crippen molar-refractivity contribution in [3.05, 3.63) is 90.0 Å². The van der Waals surface area contributed by atoms with Crippen LogP contribution in [0.5, 0.6) is 5.75 Å². The molecule has 1 saturated heterocycles.